The minimum atomic E-state index is -0.110. The number of nitrogens with two attached hydrogens (primary N) is 1. The lowest BCUT2D eigenvalue weighted by molar-refractivity contribution is 0.278. The van der Waals surface area contributed by atoms with E-state index in [9.17, 15) is 10.2 Å². The third-order valence-electron chi connectivity index (χ3n) is 2.71. The molecule has 0 bridgehead atoms. The van der Waals surface area contributed by atoms with Crippen LogP contribution in [0.4, 0.5) is 0 Å². The summed E-state index contributed by atoms with van der Waals surface area (Å²) in [6.45, 7) is 3.72. The van der Waals surface area contributed by atoms with Crippen molar-refractivity contribution in [2.75, 3.05) is 13.1 Å². The number of hydrogen-bond acceptors (Lipinski definition) is 5. The summed E-state index contributed by atoms with van der Waals surface area (Å²) in [5, 5.41) is 22.3. The molecule has 5 heteroatoms. The second kappa shape index (κ2) is 7.21. The molecule has 5 nitrogen and oxygen atoms in total. The van der Waals surface area contributed by atoms with E-state index < -0.39 is 0 Å². The first-order valence-electron chi connectivity index (χ1n) is 5.88. The van der Waals surface area contributed by atoms with Crippen molar-refractivity contribution in [3.05, 3.63) is 23.0 Å². The Balaban J connectivity index is 2.59. The lowest BCUT2D eigenvalue weighted by Crippen LogP contribution is -2.17. The van der Waals surface area contributed by atoms with Crippen LogP contribution in [0.15, 0.2) is 6.20 Å². The molecule has 0 saturated heterocycles. The fourth-order valence-electron chi connectivity index (χ4n) is 1.63. The Morgan fingerprint density at radius 1 is 1.41 bits per heavy atom. The molecule has 0 aliphatic rings. The molecule has 0 fully saturated rings. The lowest BCUT2D eigenvalue weighted by Gasteiger charge is -2.12. The minimum absolute atomic E-state index is 0.110. The van der Waals surface area contributed by atoms with Gasteiger partial charge in [0.25, 0.3) is 0 Å². The van der Waals surface area contributed by atoms with E-state index in [1.54, 1.807) is 13.1 Å². The first kappa shape index (κ1) is 13.9. The summed E-state index contributed by atoms with van der Waals surface area (Å²) in [6, 6.07) is 0. The maximum atomic E-state index is 9.88. The normalized spacial score (nSPS) is 10.8. The first-order valence-corrected chi connectivity index (χ1v) is 5.88. The van der Waals surface area contributed by atoms with Gasteiger partial charge in [-0.15, -0.1) is 0 Å². The number of aliphatic hydroxyl groups excluding tert-OH is 1. The molecule has 0 atom stereocenters. The molecule has 0 saturated carbocycles. The average Bonchev–Trinajstić information content (AvgIpc) is 2.34. The molecule has 96 valence electrons. The SMILES string of the molecule is Cc1ncc(CO)c(CNCCCCN)c1O. The fourth-order valence-corrected chi connectivity index (χ4v) is 1.63. The van der Waals surface area contributed by atoms with Gasteiger partial charge in [-0.25, -0.2) is 0 Å². The number of pyridine rings is 1. The van der Waals surface area contributed by atoms with Crippen LogP contribution in [0.3, 0.4) is 0 Å². The molecule has 0 aliphatic carbocycles. The molecule has 0 spiro atoms. The summed E-state index contributed by atoms with van der Waals surface area (Å²) in [5.41, 5.74) is 7.38. The van der Waals surface area contributed by atoms with Crippen LogP contribution in [0.2, 0.25) is 0 Å². The number of unbranched alkanes of at least 4 members (excludes halogenated alkanes) is 1. The monoisotopic (exact) mass is 239 g/mol. The number of rotatable bonds is 7. The number of nitrogens with zero attached hydrogens (tertiary/aromatic N) is 1. The van der Waals surface area contributed by atoms with Crippen LogP contribution < -0.4 is 11.1 Å². The number of aliphatic hydroxyl groups is 1. The summed E-state index contributed by atoms with van der Waals surface area (Å²) < 4.78 is 0. The topological polar surface area (TPSA) is 91.4 Å². The van der Waals surface area contributed by atoms with Crippen LogP contribution in [0.25, 0.3) is 0 Å². The van der Waals surface area contributed by atoms with E-state index in [4.69, 9.17) is 5.73 Å². The van der Waals surface area contributed by atoms with Gasteiger partial charge in [0.2, 0.25) is 0 Å². The van der Waals surface area contributed by atoms with Crippen molar-refractivity contribution >= 4 is 0 Å². The molecule has 5 N–H and O–H groups in total. The molecule has 0 amide bonds. The summed E-state index contributed by atoms with van der Waals surface area (Å²) >= 11 is 0. The van der Waals surface area contributed by atoms with E-state index >= 15 is 0 Å². The van der Waals surface area contributed by atoms with Gasteiger partial charge in [0.05, 0.1) is 12.3 Å². The number of aromatic nitrogens is 1. The highest BCUT2D eigenvalue weighted by Crippen LogP contribution is 2.23. The summed E-state index contributed by atoms with van der Waals surface area (Å²) in [4.78, 5) is 4.01. The van der Waals surface area contributed by atoms with Gasteiger partial charge < -0.3 is 21.3 Å². The minimum Gasteiger partial charge on any atom is -0.506 e. The Morgan fingerprint density at radius 2 is 2.18 bits per heavy atom. The maximum absolute atomic E-state index is 9.88. The third-order valence-corrected chi connectivity index (χ3v) is 2.71. The van der Waals surface area contributed by atoms with Crippen LogP contribution in [-0.4, -0.2) is 28.3 Å². The third kappa shape index (κ3) is 3.96. The standard InChI is InChI=1S/C12H21N3O2/c1-9-12(17)11(10(8-16)6-15-9)7-14-5-3-2-4-13/h6,14,16-17H,2-5,7-8,13H2,1H3. The maximum Gasteiger partial charge on any atom is 0.141 e. The van der Waals surface area contributed by atoms with Crippen molar-refractivity contribution in [1.29, 1.82) is 0 Å². The second-order valence-electron chi connectivity index (χ2n) is 4.03. The molecule has 1 aromatic heterocycles. The largest absolute Gasteiger partial charge is 0.506 e. The quantitative estimate of drug-likeness (QED) is 0.518. The lowest BCUT2D eigenvalue weighted by atomic mass is 10.1. The van der Waals surface area contributed by atoms with Gasteiger partial charge in [-0.1, -0.05) is 0 Å². The molecule has 1 aromatic rings. The zero-order valence-electron chi connectivity index (χ0n) is 10.2. The number of nitrogens with one attached hydrogen (secondary N) is 1. The highest BCUT2D eigenvalue weighted by Gasteiger charge is 2.10. The van der Waals surface area contributed by atoms with Crippen molar-refractivity contribution in [3.8, 4) is 5.75 Å². The summed E-state index contributed by atoms with van der Waals surface area (Å²) in [5.74, 6) is 0.169. The molecule has 0 aromatic carbocycles. The zero-order valence-corrected chi connectivity index (χ0v) is 10.2. The molecule has 17 heavy (non-hydrogen) atoms. The van der Waals surface area contributed by atoms with Gasteiger partial charge >= 0.3 is 0 Å². The van der Waals surface area contributed by atoms with E-state index in [2.05, 4.69) is 10.3 Å². The van der Waals surface area contributed by atoms with E-state index in [0.29, 0.717) is 24.3 Å². The van der Waals surface area contributed by atoms with Crippen LogP contribution in [0, 0.1) is 6.92 Å². The predicted molar refractivity (Wildman–Crippen MR) is 66.6 cm³/mol. The molecule has 0 radical (unpaired) electrons. The van der Waals surface area contributed by atoms with Crippen molar-refractivity contribution in [3.63, 3.8) is 0 Å². The van der Waals surface area contributed by atoms with Gasteiger partial charge in [-0.05, 0) is 32.9 Å². The van der Waals surface area contributed by atoms with E-state index in [1.807, 2.05) is 0 Å². The fraction of sp³-hybridized carbons (Fsp3) is 0.583. The highest BCUT2D eigenvalue weighted by atomic mass is 16.3. The summed E-state index contributed by atoms with van der Waals surface area (Å²) in [6.07, 6.45) is 3.60. The van der Waals surface area contributed by atoms with Crippen LogP contribution >= 0.6 is 0 Å². The number of hydrogen-bond donors (Lipinski definition) is 4. The number of aryl methyl sites for hydroxylation is 1. The molecule has 1 heterocycles. The molecule has 1 rings (SSSR count). The molecule has 0 aliphatic heterocycles. The zero-order chi connectivity index (χ0) is 12.7. The van der Waals surface area contributed by atoms with E-state index in [1.165, 1.54) is 0 Å². The predicted octanol–water partition coefficient (Wildman–Crippen LogP) is 0.416. The highest BCUT2D eigenvalue weighted by molar-refractivity contribution is 5.40. The van der Waals surface area contributed by atoms with Gasteiger partial charge in [0, 0.05) is 23.9 Å². The van der Waals surface area contributed by atoms with Crippen molar-refractivity contribution in [1.82, 2.24) is 10.3 Å². The summed E-state index contributed by atoms with van der Waals surface area (Å²) in [7, 11) is 0. The molecular weight excluding hydrogens is 218 g/mol. The Labute approximate surface area is 102 Å². The van der Waals surface area contributed by atoms with Crippen LogP contribution in [-0.2, 0) is 13.2 Å². The van der Waals surface area contributed by atoms with Crippen molar-refractivity contribution in [2.24, 2.45) is 5.73 Å². The van der Waals surface area contributed by atoms with Crippen LogP contribution in [0.5, 0.6) is 5.75 Å². The molecule has 0 unspecified atom stereocenters. The van der Waals surface area contributed by atoms with Crippen molar-refractivity contribution < 1.29 is 10.2 Å². The first-order chi connectivity index (χ1) is 8.20. The van der Waals surface area contributed by atoms with Crippen LogP contribution in [0.1, 0.15) is 29.7 Å². The van der Waals surface area contributed by atoms with E-state index in [-0.39, 0.29) is 12.4 Å². The van der Waals surface area contributed by atoms with Gasteiger partial charge in [-0.2, -0.15) is 0 Å². The molecular formula is C12H21N3O2. The Bertz CT molecular complexity index is 356. The smallest absolute Gasteiger partial charge is 0.141 e. The Hall–Kier alpha value is -1.17. The van der Waals surface area contributed by atoms with Gasteiger partial charge in [0.15, 0.2) is 0 Å². The Morgan fingerprint density at radius 3 is 2.82 bits per heavy atom. The van der Waals surface area contributed by atoms with Gasteiger partial charge in [0.1, 0.15) is 5.75 Å². The van der Waals surface area contributed by atoms with E-state index in [0.717, 1.165) is 24.9 Å². The number of aromatic hydroxyl groups is 1. The Kier molecular flexibility index (Phi) is 5.90. The van der Waals surface area contributed by atoms with Gasteiger partial charge in [-0.3, -0.25) is 4.98 Å². The second-order valence-corrected chi connectivity index (χ2v) is 4.03. The van der Waals surface area contributed by atoms with Crippen molar-refractivity contribution in [2.45, 2.75) is 32.9 Å². The average molecular weight is 239 g/mol.